The van der Waals surface area contributed by atoms with E-state index in [4.69, 9.17) is 22.8 Å². The zero-order chi connectivity index (χ0) is 11.4. The highest BCUT2D eigenvalue weighted by Gasteiger charge is 2.05. The quantitative estimate of drug-likeness (QED) is 0.761. The van der Waals surface area contributed by atoms with Crippen LogP contribution in [0.4, 0.5) is 0 Å². The van der Waals surface area contributed by atoms with Gasteiger partial charge in [-0.1, -0.05) is 17.5 Å². The molecule has 0 aromatic carbocycles. The molecule has 0 aliphatic carbocycles. The van der Waals surface area contributed by atoms with E-state index in [2.05, 4.69) is 16.0 Å². The third-order valence-corrected chi connectivity index (χ3v) is 2.12. The lowest BCUT2D eigenvalue weighted by atomic mass is 10.4. The monoisotopic (exact) mass is 233 g/mol. The maximum Gasteiger partial charge on any atom is 0.234 e. The molecule has 80 valence electrons. The van der Waals surface area contributed by atoms with E-state index in [1.54, 1.807) is 30.6 Å². The number of pyridine rings is 1. The fraction of sp³-hybridized carbons (Fsp3) is 0.0909. The Balaban J connectivity index is 2.26. The third-order valence-electron chi connectivity index (χ3n) is 1.82. The summed E-state index contributed by atoms with van der Waals surface area (Å²) in [4.78, 5) is 4.11. The molecule has 0 spiro atoms. The third kappa shape index (κ3) is 2.15. The van der Waals surface area contributed by atoms with Gasteiger partial charge in [-0.25, -0.2) is 9.67 Å². The average molecular weight is 234 g/mol. The van der Waals surface area contributed by atoms with E-state index in [9.17, 15) is 0 Å². The van der Waals surface area contributed by atoms with Crippen LogP contribution < -0.4 is 4.74 Å². The van der Waals surface area contributed by atoms with Gasteiger partial charge in [-0.2, -0.15) is 0 Å². The highest BCUT2D eigenvalue weighted by molar-refractivity contribution is 6.32. The van der Waals surface area contributed by atoms with Gasteiger partial charge < -0.3 is 4.74 Å². The summed E-state index contributed by atoms with van der Waals surface area (Å²) in [6, 6.07) is 5.20. The van der Waals surface area contributed by atoms with E-state index in [0.29, 0.717) is 16.7 Å². The minimum atomic E-state index is 0.187. The van der Waals surface area contributed by atoms with Crippen LogP contribution in [0.15, 0.2) is 30.6 Å². The van der Waals surface area contributed by atoms with Gasteiger partial charge in [0.2, 0.25) is 5.88 Å². The molecule has 0 saturated carbocycles. The van der Waals surface area contributed by atoms with Gasteiger partial charge in [0, 0.05) is 18.5 Å². The molecule has 0 radical (unpaired) electrons. The molecule has 0 bridgehead atoms. The normalized spacial score (nSPS) is 9.75. The van der Waals surface area contributed by atoms with Gasteiger partial charge in [-0.3, -0.25) is 0 Å². The minimum Gasteiger partial charge on any atom is -0.463 e. The molecule has 0 aliphatic rings. The predicted molar refractivity (Wildman–Crippen MR) is 60.7 cm³/mol. The van der Waals surface area contributed by atoms with Crippen LogP contribution in [-0.2, 0) is 0 Å². The van der Waals surface area contributed by atoms with E-state index in [1.165, 1.54) is 4.68 Å². The lowest BCUT2D eigenvalue weighted by Crippen LogP contribution is -2.00. The largest absolute Gasteiger partial charge is 0.463 e. The highest BCUT2D eigenvalue weighted by Crippen LogP contribution is 2.17. The molecule has 16 heavy (non-hydrogen) atoms. The molecular formula is C11H8ClN3O. The van der Waals surface area contributed by atoms with Crippen molar-refractivity contribution in [3.8, 4) is 24.0 Å². The minimum absolute atomic E-state index is 0.187. The van der Waals surface area contributed by atoms with E-state index < -0.39 is 0 Å². The molecule has 0 saturated heterocycles. The van der Waals surface area contributed by atoms with Gasteiger partial charge in [-0.15, -0.1) is 11.5 Å². The first-order chi connectivity index (χ1) is 7.81. The van der Waals surface area contributed by atoms with Crippen LogP contribution in [0, 0.1) is 12.3 Å². The van der Waals surface area contributed by atoms with Crippen LogP contribution in [0.5, 0.6) is 5.88 Å². The van der Waals surface area contributed by atoms with Crippen molar-refractivity contribution in [1.29, 1.82) is 0 Å². The Morgan fingerprint density at radius 3 is 3.12 bits per heavy atom. The van der Waals surface area contributed by atoms with Crippen molar-refractivity contribution in [3.05, 3.63) is 35.6 Å². The number of halogens is 1. The van der Waals surface area contributed by atoms with Crippen LogP contribution in [0.1, 0.15) is 0 Å². The number of nitrogens with zero attached hydrogens (tertiary/aromatic N) is 3. The predicted octanol–water partition coefficient (Wildman–Crippen LogP) is 1.93. The lowest BCUT2D eigenvalue weighted by molar-refractivity contribution is 0.352. The van der Waals surface area contributed by atoms with Crippen molar-refractivity contribution < 1.29 is 4.74 Å². The summed E-state index contributed by atoms with van der Waals surface area (Å²) in [6.07, 6.45) is 8.43. The number of rotatable bonds is 3. The number of ether oxygens (including phenoxy) is 1. The Morgan fingerprint density at radius 2 is 2.38 bits per heavy atom. The number of terminal acetylenes is 1. The summed E-state index contributed by atoms with van der Waals surface area (Å²) in [5.74, 6) is 3.36. The van der Waals surface area contributed by atoms with E-state index in [-0.39, 0.29) is 6.61 Å². The molecule has 2 rings (SSSR count). The molecule has 0 amide bonds. The van der Waals surface area contributed by atoms with E-state index in [1.807, 2.05) is 0 Å². The van der Waals surface area contributed by atoms with Crippen molar-refractivity contribution in [2.75, 3.05) is 6.61 Å². The fourth-order valence-corrected chi connectivity index (χ4v) is 1.37. The lowest BCUT2D eigenvalue weighted by Gasteiger charge is -2.01. The zero-order valence-corrected chi connectivity index (χ0v) is 9.05. The maximum absolute atomic E-state index is 5.98. The van der Waals surface area contributed by atoms with Crippen molar-refractivity contribution in [2.45, 2.75) is 0 Å². The van der Waals surface area contributed by atoms with Gasteiger partial charge in [0.25, 0.3) is 0 Å². The average Bonchev–Trinajstić information content (AvgIpc) is 2.75. The van der Waals surface area contributed by atoms with Gasteiger partial charge in [0.15, 0.2) is 12.4 Å². The molecular weight excluding hydrogens is 226 g/mol. The molecule has 2 aromatic heterocycles. The Labute approximate surface area is 97.8 Å². The molecule has 5 heteroatoms. The second-order valence-electron chi connectivity index (χ2n) is 2.90. The van der Waals surface area contributed by atoms with Crippen LogP contribution in [0.2, 0.25) is 5.02 Å². The molecule has 0 N–H and O–H groups in total. The SMILES string of the molecule is C#CCOc1ccn(-c2ncccc2Cl)n1. The number of hydrogen-bond donors (Lipinski definition) is 0. The Bertz CT molecular complexity index is 530. The van der Waals surface area contributed by atoms with Crippen LogP contribution in [-0.4, -0.2) is 21.4 Å². The summed E-state index contributed by atoms with van der Waals surface area (Å²) in [5.41, 5.74) is 0. The molecule has 4 nitrogen and oxygen atoms in total. The van der Waals surface area contributed by atoms with Gasteiger partial charge in [0.05, 0.1) is 5.02 Å². The van der Waals surface area contributed by atoms with Crippen LogP contribution >= 0.6 is 11.6 Å². The van der Waals surface area contributed by atoms with Crippen molar-refractivity contribution >= 4 is 11.6 Å². The topological polar surface area (TPSA) is 39.9 Å². The molecule has 2 aromatic rings. The number of hydrogen-bond acceptors (Lipinski definition) is 3. The summed E-state index contributed by atoms with van der Waals surface area (Å²) in [5, 5.41) is 4.65. The molecule has 0 aliphatic heterocycles. The summed E-state index contributed by atoms with van der Waals surface area (Å²) < 4.78 is 6.69. The fourth-order valence-electron chi connectivity index (χ4n) is 1.16. The van der Waals surface area contributed by atoms with Crippen molar-refractivity contribution in [1.82, 2.24) is 14.8 Å². The van der Waals surface area contributed by atoms with Crippen LogP contribution in [0.3, 0.4) is 0 Å². The molecule has 0 atom stereocenters. The number of aromatic nitrogens is 3. The molecule has 0 unspecified atom stereocenters. The maximum atomic E-state index is 5.98. The first-order valence-corrected chi connectivity index (χ1v) is 4.92. The van der Waals surface area contributed by atoms with Crippen molar-refractivity contribution in [3.63, 3.8) is 0 Å². The first-order valence-electron chi connectivity index (χ1n) is 4.54. The van der Waals surface area contributed by atoms with Crippen molar-refractivity contribution in [2.24, 2.45) is 0 Å². The summed E-state index contributed by atoms with van der Waals surface area (Å²) in [7, 11) is 0. The molecule has 0 fully saturated rings. The second kappa shape index (κ2) is 4.69. The molecule has 2 heterocycles. The van der Waals surface area contributed by atoms with E-state index in [0.717, 1.165) is 0 Å². The summed E-state index contributed by atoms with van der Waals surface area (Å²) in [6.45, 7) is 0.187. The van der Waals surface area contributed by atoms with Gasteiger partial charge in [0.1, 0.15) is 0 Å². The Morgan fingerprint density at radius 1 is 1.50 bits per heavy atom. The second-order valence-corrected chi connectivity index (χ2v) is 3.31. The standard InChI is InChI=1S/C11H8ClN3O/c1-2-8-16-10-5-7-15(14-10)11-9(12)4-3-6-13-11/h1,3-7H,8H2. The van der Waals surface area contributed by atoms with Gasteiger partial charge in [-0.05, 0) is 12.1 Å². The Kier molecular flexibility index (Phi) is 3.08. The van der Waals surface area contributed by atoms with Crippen LogP contribution in [0.25, 0.3) is 5.82 Å². The van der Waals surface area contributed by atoms with E-state index >= 15 is 0 Å². The smallest absolute Gasteiger partial charge is 0.234 e. The zero-order valence-electron chi connectivity index (χ0n) is 8.30. The Hall–Kier alpha value is -1.99. The summed E-state index contributed by atoms with van der Waals surface area (Å²) >= 11 is 5.98. The highest BCUT2D eigenvalue weighted by atomic mass is 35.5. The van der Waals surface area contributed by atoms with Gasteiger partial charge >= 0.3 is 0 Å². The first kappa shape index (κ1) is 10.5.